The van der Waals surface area contributed by atoms with Crippen molar-refractivity contribution in [3.05, 3.63) is 96.3 Å². The van der Waals surface area contributed by atoms with Gasteiger partial charge in [-0.2, -0.15) is 0 Å². The maximum Gasteiger partial charge on any atom is 0.519 e. The second kappa shape index (κ2) is 10.4. The molecule has 178 valence electrons. The standard InChI is InChI=1S/C24H23NO8S/c1-14-19(33-24(28)32-14)12-31-20(16-4-3-5-18(11-16)29-2)13-30-17-8-6-15(7-9-17)10-21-22(26)25-23(27)34-21/h3-9,11,20,26H,10,12-13H2,1-2H3,(H,25,27). The van der Waals surface area contributed by atoms with Crippen LogP contribution in [0.4, 0.5) is 0 Å². The van der Waals surface area contributed by atoms with Gasteiger partial charge >= 0.3 is 10.7 Å². The molecular weight excluding hydrogens is 462 g/mol. The summed E-state index contributed by atoms with van der Waals surface area (Å²) in [5.41, 5.74) is 1.75. The molecule has 0 radical (unpaired) electrons. The van der Waals surface area contributed by atoms with E-state index in [-0.39, 0.29) is 24.0 Å². The fourth-order valence-electron chi connectivity index (χ4n) is 3.30. The molecule has 0 fully saturated rings. The molecule has 34 heavy (non-hydrogen) atoms. The van der Waals surface area contributed by atoms with E-state index in [1.807, 2.05) is 48.5 Å². The SMILES string of the molecule is COc1cccc(C(COc2ccc(Cc3sc(=O)[nH]c3O)cc2)OCc2oc(=O)oc2C)c1. The van der Waals surface area contributed by atoms with Gasteiger partial charge in [0.2, 0.25) is 5.88 Å². The predicted molar refractivity (Wildman–Crippen MR) is 124 cm³/mol. The summed E-state index contributed by atoms with van der Waals surface area (Å²) in [5, 5.41) is 9.77. The average Bonchev–Trinajstić information content (AvgIpc) is 3.33. The van der Waals surface area contributed by atoms with Crippen LogP contribution in [0.2, 0.25) is 0 Å². The summed E-state index contributed by atoms with van der Waals surface area (Å²) in [5.74, 6) is 1.11. The number of hydrogen-bond acceptors (Lipinski definition) is 9. The lowest BCUT2D eigenvalue weighted by molar-refractivity contribution is -0.000142. The highest BCUT2D eigenvalue weighted by atomic mass is 32.1. The third-order valence-corrected chi connectivity index (χ3v) is 5.98. The summed E-state index contributed by atoms with van der Waals surface area (Å²) in [7, 11) is 1.59. The van der Waals surface area contributed by atoms with Crippen LogP contribution < -0.4 is 20.2 Å². The lowest BCUT2D eigenvalue weighted by atomic mass is 10.1. The number of hydrogen-bond donors (Lipinski definition) is 2. The summed E-state index contributed by atoms with van der Waals surface area (Å²) >= 11 is 0.981. The van der Waals surface area contributed by atoms with Crippen molar-refractivity contribution in [3.8, 4) is 17.4 Å². The number of aromatic nitrogens is 1. The first-order valence-electron chi connectivity index (χ1n) is 10.4. The minimum Gasteiger partial charge on any atom is -0.497 e. The van der Waals surface area contributed by atoms with Gasteiger partial charge < -0.3 is 28.2 Å². The van der Waals surface area contributed by atoms with E-state index in [4.69, 9.17) is 23.0 Å². The van der Waals surface area contributed by atoms with Crippen LogP contribution in [0.3, 0.4) is 0 Å². The predicted octanol–water partition coefficient (Wildman–Crippen LogP) is 3.93. The Morgan fingerprint density at radius 1 is 1.09 bits per heavy atom. The smallest absolute Gasteiger partial charge is 0.497 e. The summed E-state index contributed by atoms with van der Waals surface area (Å²) < 4.78 is 27.2. The molecule has 9 nitrogen and oxygen atoms in total. The molecule has 4 rings (SSSR count). The number of H-pyrrole nitrogens is 1. The van der Waals surface area contributed by atoms with Crippen molar-refractivity contribution in [2.75, 3.05) is 13.7 Å². The van der Waals surface area contributed by atoms with Crippen LogP contribution in [0.5, 0.6) is 17.4 Å². The number of rotatable bonds is 10. The van der Waals surface area contributed by atoms with Crippen LogP contribution in [0.25, 0.3) is 0 Å². The van der Waals surface area contributed by atoms with Gasteiger partial charge in [-0.25, -0.2) is 4.79 Å². The fraction of sp³-hybridized carbons (Fsp3) is 0.250. The normalized spacial score (nSPS) is 11.9. The molecule has 4 aromatic rings. The van der Waals surface area contributed by atoms with Crippen molar-refractivity contribution in [1.29, 1.82) is 0 Å². The Bertz CT molecular complexity index is 1350. The highest BCUT2D eigenvalue weighted by Gasteiger charge is 2.18. The number of nitrogens with one attached hydrogen (secondary N) is 1. The number of aromatic amines is 1. The number of ether oxygens (including phenoxy) is 3. The second-order valence-electron chi connectivity index (χ2n) is 7.43. The van der Waals surface area contributed by atoms with Crippen molar-refractivity contribution in [1.82, 2.24) is 4.98 Å². The zero-order valence-electron chi connectivity index (χ0n) is 18.5. The van der Waals surface area contributed by atoms with Crippen molar-refractivity contribution in [2.45, 2.75) is 26.1 Å². The molecule has 0 aliphatic heterocycles. The summed E-state index contributed by atoms with van der Waals surface area (Å²) in [4.78, 5) is 25.3. The highest BCUT2D eigenvalue weighted by molar-refractivity contribution is 7.09. The average molecular weight is 486 g/mol. The third kappa shape index (κ3) is 5.77. The molecule has 0 bridgehead atoms. The summed E-state index contributed by atoms with van der Waals surface area (Å²) in [6.07, 6.45) is -0.0520. The van der Waals surface area contributed by atoms with Gasteiger partial charge in [0.25, 0.3) is 0 Å². The molecule has 0 saturated carbocycles. The van der Waals surface area contributed by atoms with Crippen LogP contribution in [0.1, 0.15) is 33.6 Å². The number of aryl methyl sites for hydroxylation is 1. The number of aromatic hydroxyl groups is 1. The van der Waals surface area contributed by atoms with Gasteiger partial charge in [0.15, 0.2) is 5.76 Å². The lowest BCUT2D eigenvalue weighted by Crippen LogP contribution is -2.14. The first-order valence-corrected chi connectivity index (χ1v) is 11.2. The van der Waals surface area contributed by atoms with Gasteiger partial charge in [-0.1, -0.05) is 35.6 Å². The highest BCUT2D eigenvalue weighted by Crippen LogP contribution is 2.26. The van der Waals surface area contributed by atoms with Crippen molar-refractivity contribution >= 4 is 11.3 Å². The van der Waals surface area contributed by atoms with Gasteiger partial charge in [-0.15, -0.1) is 0 Å². The van der Waals surface area contributed by atoms with E-state index in [9.17, 15) is 14.7 Å². The zero-order valence-corrected chi connectivity index (χ0v) is 19.3. The lowest BCUT2D eigenvalue weighted by Gasteiger charge is -2.19. The van der Waals surface area contributed by atoms with Gasteiger partial charge in [0.1, 0.15) is 36.6 Å². The Labute approximate surface area is 198 Å². The Balaban J connectivity index is 1.45. The molecule has 0 aliphatic rings. The van der Waals surface area contributed by atoms with E-state index in [2.05, 4.69) is 4.98 Å². The van der Waals surface area contributed by atoms with E-state index in [1.165, 1.54) is 0 Å². The Morgan fingerprint density at radius 2 is 1.88 bits per heavy atom. The quantitative estimate of drug-likeness (QED) is 0.346. The van der Waals surface area contributed by atoms with E-state index < -0.39 is 11.9 Å². The first-order chi connectivity index (χ1) is 16.4. The molecule has 2 N–H and O–H groups in total. The van der Waals surface area contributed by atoms with E-state index >= 15 is 0 Å². The second-order valence-corrected chi connectivity index (χ2v) is 8.50. The van der Waals surface area contributed by atoms with Crippen molar-refractivity contribution in [2.24, 2.45) is 0 Å². The Kier molecular flexibility index (Phi) is 7.19. The first kappa shape index (κ1) is 23.4. The number of methoxy groups -OCH3 is 1. The number of thiazole rings is 1. The molecule has 2 heterocycles. The maximum absolute atomic E-state index is 11.4. The molecule has 2 aromatic carbocycles. The maximum atomic E-state index is 11.4. The van der Waals surface area contributed by atoms with Gasteiger partial charge in [0, 0.05) is 6.42 Å². The zero-order chi connectivity index (χ0) is 24.1. The Morgan fingerprint density at radius 3 is 2.53 bits per heavy atom. The molecule has 1 atom stereocenters. The molecule has 2 aromatic heterocycles. The van der Waals surface area contributed by atoms with Crippen LogP contribution in [0, 0.1) is 6.92 Å². The van der Waals surface area contributed by atoms with Crippen LogP contribution in [-0.2, 0) is 17.8 Å². The molecule has 0 spiro atoms. The molecular formula is C24H23NO8S. The molecule has 0 amide bonds. The van der Waals surface area contributed by atoms with Crippen LogP contribution in [-0.4, -0.2) is 23.8 Å². The molecule has 1 unspecified atom stereocenters. The van der Waals surface area contributed by atoms with Crippen molar-refractivity contribution in [3.63, 3.8) is 0 Å². The van der Waals surface area contributed by atoms with Gasteiger partial charge in [-0.3, -0.25) is 9.78 Å². The van der Waals surface area contributed by atoms with Crippen LogP contribution in [0.15, 0.2) is 67.0 Å². The van der Waals surface area contributed by atoms with Gasteiger partial charge in [0.05, 0.1) is 12.0 Å². The monoisotopic (exact) mass is 485 g/mol. The third-order valence-electron chi connectivity index (χ3n) is 5.11. The minimum atomic E-state index is -0.773. The largest absolute Gasteiger partial charge is 0.519 e. The van der Waals surface area contributed by atoms with E-state index in [1.54, 1.807) is 14.0 Å². The Hall–Kier alpha value is -3.76. The molecule has 10 heteroatoms. The number of benzene rings is 2. The van der Waals surface area contributed by atoms with E-state index in [0.29, 0.717) is 34.3 Å². The summed E-state index contributed by atoms with van der Waals surface area (Å²) in [6.45, 7) is 1.85. The van der Waals surface area contributed by atoms with E-state index in [0.717, 1.165) is 22.5 Å². The fourth-order valence-corrected chi connectivity index (χ4v) is 4.06. The summed E-state index contributed by atoms with van der Waals surface area (Å²) in [6, 6.07) is 14.8. The van der Waals surface area contributed by atoms with Crippen LogP contribution >= 0.6 is 11.3 Å². The molecule has 0 saturated heterocycles. The van der Waals surface area contributed by atoms with Gasteiger partial charge in [-0.05, 0) is 42.3 Å². The topological polar surface area (TPSA) is 124 Å². The molecule has 0 aliphatic carbocycles. The minimum absolute atomic E-state index is 0.0325. The van der Waals surface area contributed by atoms with Crippen molar-refractivity contribution < 1.29 is 28.2 Å².